The number of ether oxygens (including phenoxy) is 1. The normalized spacial score (nSPS) is 11.0. The molecule has 0 aliphatic carbocycles. The Morgan fingerprint density at radius 2 is 1.79 bits per heavy atom. The highest BCUT2D eigenvalue weighted by molar-refractivity contribution is 5.89. The van der Waals surface area contributed by atoms with Crippen LogP contribution in [-0.4, -0.2) is 18.0 Å². The molecule has 0 spiro atoms. The van der Waals surface area contributed by atoms with Gasteiger partial charge in [-0.25, -0.2) is 4.79 Å². The van der Waals surface area contributed by atoms with Crippen LogP contribution in [0.25, 0.3) is 0 Å². The number of hydrogen-bond acceptors (Lipinski definition) is 5. The Morgan fingerprint density at radius 1 is 1.17 bits per heavy atom. The highest BCUT2D eigenvalue weighted by Gasteiger charge is 2.33. The zero-order valence-corrected chi connectivity index (χ0v) is 12.3. The van der Waals surface area contributed by atoms with Crippen LogP contribution >= 0.6 is 0 Å². The molecule has 9 heteroatoms. The molecule has 0 amide bonds. The van der Waals surface area contributed by atoms with Crippen molar-refractivity contribution < 1.29 is 27.6 Å². The lowest BCUT2D eigenvalue weighted by molar-refractivity contribution is -0.384. The highest BCUT2D eigenvalue weighted by Crippen LogP contribution is 2.36. The highest BCUT2D eigenvalue weighted by atomic mass is 19.4. The molecule has 0 aliphatic heterocycles. The van der Waals surface area contributed by atoms with Gasteiger partial charge in [0.05, 0.1) is 23.2 Å². The van der Waals surface area contributed by atoms with Gasteiger partial charge in [0.2, 0.25) is 0 Å². The van der Waals surface area contributed by atoms with Gasteiger partial charge in [-0.05, 0) is 36.4 Å². The standard InChI is InChI=1S/C15H11F3N2O4/c1-24-14(21)9-2-5-11(6-3-9)19-12-7-4-10(15(16,17)18)8-13(12)20(22)23/h2-8,19H,1H3. The van der Waals surface area contributed by atoms with Crippen LogP contribution in [0.4, 0.5) is 30.2 Å². The molecule has 0 unspecified atom stereocenters. The molecule has 0 atom stereocenters. The number of nitro benzene ring substituents is 1. The van der Waals surface area contributed by atoms with Crippen LogP contribution in [0, 0.1) is 10.1 Å². The molecule has 24 heavy (non-hydrogen) atoms. The number of nitro groups is 1. The summed E-state index contributed by atoms with van der Waals surface area (Å²) in [6.45, 7) is 0. The van der Waals surface area contributed by atoms with Crippen molar-refractivity contribution in [2.75, 3.05) is 12.4 Å². The molecule has 6 nitrogen and oxygen atoms in total. The predicted molar refractivity (Wildman–Crippen MR) is 79.2 cm³/mol. The van der Waals surface area contributed by atoms with Crippen molar-refractivity contribution in [2.24, 2.45) is 0 Å². The molecule has 0 aliphatic rings. The molecule has 0 aromatic heterocycles. The number of rotatable bonds is 4. The second kappa shape index (κ2) is 6.57. The number of halogens is 3. The maximum absolute atomic E-state index is 12.7. The van der Waals surface area contributed by atoms with Gasteiger partial charge < -0.3 is 10.1 Å². The number of carbonyl (C=O) groups is 1. The quantitative estimate of drug-likeness (QED) is 0.514. The number of methoxy groups -OCH3 is 1. The smallest absolute Gasteiger partial charge is 0.416 e. The predicted octanol–water partition coefficient (Wildman–Crippen LogP) is 4.14. The van der Waals surface area contributed by atoms with Gasteiger partial charge in [-0.15, -0.1) is 0 Å². The summed E-state index contributed by atoms with van der Waals surface area (Å²) >= 11 is 0. The van der Waals surface area contributed by atoms with Gasteiger partial charge in [0, 0.05) is 11.8 Å². The van der Waals surface area contributed by atoms with Crippen LogP contribution in [0.5, 0.6) is 0 Å². The summed E-state index contributed by atoms with van der Waals surface area (Å²) < 4.78 is 42.5. The fraction of sp³-hybridized carbons (Fsp3) is 0.133. The van der Waals surface area contributed by atoms with Gasteiger partial charge in [-0.3, -0.25) is 10.1 Å². The topological polar surface area (TPSA) is 81.5 Å². The molecule has 1 N–H and O–H groups in total. The largest absolute Gasteiger partial charge is 0.465 e. The van der Waals surface area contributed by atoms with Gasteiger partial charge in [0.15, 0.2) is 0 Å². The number of carbonyl (C=O) groups excluding carboxylic acids is 1. The number of benzene rings is 2. The molecule has 0 saturated heterocycles. The molecular weight excluding hydrogens is 329 g/mol. The molecule has 2 rings (SSSR count). The average molecular weight is 340 g/mol. The van der Waals surface area contributed by atoms with Gasteiger partial charge in [-0.1, -0.05) is 0 Å². The third kappa shape index (κ3) is 3.80. The van der Waals surface area contributed by atoms with Gasteiger partial charge >= 0.3 is 12.1 Å². The Balaban J connectivity index is 2.32. The number of esters is 1. The van der Waals surface area contributed by atoms with E-state index in [0.717, 1.165) is 12.1 Å². The number of hydrogen-bond donors (Lipinski definition) is 1. The molecule has 0 heterocycles. The Kier molecular flexibility index (Phi) is 4.72. The fourth-order valence-corrected chi connectivity index (χ4v) is 1.93. The SMILES string of the molecule is COC(=O)c1ccc(Nc2ccc(C(F)(F)F)cc2[N+](=O)[O-])cc1. The van der Waals surface area contributed by atoms with E-state index in [9.17, 15) is 28.1 Å². The van der Waals surface area contributed by atoms with Crippen molar-refractivity contribution >= 4 is 23.0 Å². The summed E-state index contributed by atoms with van der Waals surface area (Å²) in [4.78, 5) is 21.4. The lowest BCUT2D eigenvalue weighted by atomic mass is 10.1. The fourth-order valence-electron chi connectivity index (χ4n) is 1.93. The molecule has 126 valence electrons. The molecule has 0 saturated carbocycles. The van der Waals surface area contributed by atoms with E-state index < -0.39 is 28.3 Å². The van der Waals surface area contributed by atoms with Crippen molar-refractivity contribution in [3.8, 4) is 0 Å². The van der Waals surface area contributed by atoms with Crippen molar-refractivity contribution in [3.05, 3.63) is 63.7 Å². The zero-order valence-electron chi connectivity index (χ0n) is 12.3. The lowest BCUT2D eigenvalue weighted by Crippen LogP contribution is -2.07. The molecule has 0 bridgehead atoms. The van der Waals surface area contributed by atoms with Gasteiger partial charge in [0.25, 0.3) is 5.69 Å². The van der Waals surface area contributed by atoms with Gasteiger partial charge in [0.1, 0.15) is 5.69 Å². The van der Waals surface area contributed by atoms with Crippen molar-refractivity contribution in [1.82, 2.24) is 0 Å². The van der Waals surface area contributed by atoms with Crippen LogP contribution in [0.2, 0.25) is 0 Å². The van der Waals surface area contributed by atoms with E-state index in [1.807, 2.05) is 0 Å². The first-order chi connectivity index (χ1) is 11.2. The molecule has 0 radical (unpaired) electrons. The van der Waals surface area contributed by atoms with Crippen LogP contribution in [0.1, 0.15) is 15.9 Å². The van der Waals surface area contributed by atoms with E-state index in [-0.39, 0.29) is 11.3 Å². The third-order valence-corrected chi connectivity index (χ3v) is 3.11. The third-order valence-electron chi connectivity index (χ3n) is 3.11. The molecule has 0 fully saturated rings. The molecular formula is C15H11F3N2O4. The Hall–Kier alpha value is -3.10. The van der Waals surface area contributed by atoms with Crippen molar-refractivity contribution in [3.63, 3.8) is 0 Å². The van der Waals surface area contributed by atoms with E-state index in [2.05, 4.69) is 10.1 Å². The van der Waals surface area contributed by atoms with E-state index in [1.54, 1.807) is 0 Å². The average Bonchev–Trinajstić information content (AvgIpc) is 2.54. The summed E-state index contributed by atoms with van der Waals surface area (Å²) in [7, 11) is 1.22. The first-order valence-electron chi connectivity index (χ1n) is 6.53. The summed E-state index contributed by atoms with van der Waals surface area (Å²) in [5, 5.41) is 13.7. The Morgan fingerprint density at radius 3 is 2.29 bits per heavy atom. The minimum absolute atomic E-state index is 0.0983. The lowest BCUT2D eigenvalue weighted by Gasteiger charge is -2.11. The van der Waals surface area contributed by atoms with Crippen LogP contribution in [0.3, 0.4) is 0 Å². The van der Waals surface area contributed by atoms with E-state index in [1.165, 1.54) is 31.4 Å². The second-order valence-corrected chi connectivity index (χ2v) is 4.68. The minimum atomic E-state index is -4.68. The number of anilines is 2. The molecule has 2 aromatic rings. The maximum atomic E-state index is 12.7. The summed E-state index contributed by atoms with van der Waals surface area (Å²) in [5.74, 6) is -0.554. The van der Waals surface area contributed by atoms with Gasteiger partial charge in [-0.2, -0.15) is 13.2 Å². The van der Waals surface area contributed by atoms with Crippen LogP contribution in [-0.2, 0) is 10.9 Å². The zero-order chi connectivity index (χ0) is 17.9. The van der Waals surface area contributed by atoms with Crippen LogP contribution in [0.15, 0.2) is 42.5 Å². The summed E-state index contributed by atoms with van der Waals surface area (Å²) in [5.41, 5.74) is -1.28. The number of alkyl halides is 3. The maximum Gasteiger partial charge on any atom is 0.416 e. The van der Waals surface area contributed by atoms with Crippen LogP contribution < -0.4 is 5.32 Å². The Labute approximate surface area is 134 Å². The minimum Gasteiger partial charge on any atom is -0.465 e. The van der Waals surface area contributed by atoms with E-state index >= 15 is 0 Å². The van der Waals surface area contributed by atoms with E-state index in [4.69, 9.17) is 0 Å². The second-order valence-electron chi connectivity index (χ2n) is 4.68. The number of nitrogens with one attached hydrogen (secondary N) is 1. The van der Waals surface area contributed by atoms with E-state index in [0.29, 0.717) is 11.8 Å². The molecule has 2 aromatic carbocycles. The number of nitrogens with zero attached hydrogens (tertiary/aromatic N) is 1. The first-order valence-corrected chi connectivity index (χ1v) is 6.53. The Bertz CT molecular complexity index is 773. The monoisotopic (exact) mass is 340 g/mol. The van der Waals surface area contributed by atoms with Crippen molar-refractivity contribution in [1.29, 1.82) is 0 Å². The summed E-state index contributed by atoms with van der Waals surface area (Å²) in [6, 6.07) is 7.94. The first kappa shape index (κ1) is 17.3. The summed E-state index contributed by atoms with van der Waals surface area (Å²) in [6.07, 6.45) is -4.68. The van der Waals surface area contributed by atoms with Crippen molar-refractivity contribution in [2.45, 2.75) is 6.18 Å².